The first-order valence-corrected chi connectivity index (χ1v) is 10.5. The van der Waals surface area contributed by atoms with Crippen molar-refractivity contribution in [3.63, 3.8) is 0 Å². The summed E-state index contributed by atoms with van der Waals surface area (Å²) in [5.41, 5.74) is 3.39. The molecular formula is C23H27N3O2S. The number of likely N-dealkylation sites (N-methyl/N-ethyl adjacent to an activating group) is 1. The van der Waals surface area contributed by atoms with Crippen LogP contribution >= 0.6 is 11.3 Å². The highest BCUT2D eigenvalue weighted by atomic mass is 32.1. The zero-order valence-corrected chi connectivity index (χ0v) is 17.9. The summed E-state index contributed by atoms with van der Waals surface area (Å²) >= 11 is 1.54. The van der Waals surface area contributed by atoms with E-state index in [1.807, 2.05) is 59.8 Å². The van der Waals surface area contributed by atoms with Crippen molar-refractivity contribution in [1.82, 2.24) is 15.2 Å². The van der Waals surface area contributed by atoms with Gasteiger partial charge in [-0.15, -0.1) is 11.3 Å². The van der Waals surface area contributed by atoms with E-state index in [9.17, 15) is 4.79 Å². The Bertz CT molecular complexity index is 893. The van der Waals surface area contributed by atoms with Gasteiger partial charge in [0.2, 0.25) is 5.91 Å². The third-order valence-corrected chi connectivity index (χ3v) is 5.33. The number of aryl methyl sites for hydroxylation is 2. The molecule has 0 aliphatic carbocycles. The first-order valence-electron chi connectivity index (χ1n) is 9.64. The number of hydrogen-bond acceptors (Lipinski definition) is 5. The highest BCUT2D eigenvalue weighted by Crippen LogP contribution is 2.23. The lowest BCUT2D eigenvalue weighted by Gasteiger charge is -2.21. The lowest BCUT2D eigenvalue weighted by Crippen LogP contribution is -2.39. The Morgan fingerprint density at radius 2 is 1.90 bits per heavy atom. The van der Waals surface area contributed by atoms with Gasteiger partial charge in [-0.1, -0.05) is 36.4 Å². The standard InChI is InChI=1S/C23H27N3O2S/c1-17-13-18(2)15-20(14-17)28-11-10-26(3)16-21(27)25-22(23-24-9-12-29-23)19-7-5-4-6-8-19/h4-9,12-15,22H,10-11,16H2,1-3H3,(H,25,27). The average molecular weight is 410 g/mol. The van der Waals surface area contributed by atoms with Gasteiger partial charge in [-0.2, -0.15) is 0 Å². The van der Waals surface area contributed by atoms with Crippen molar-refractivity contribution in [2.45, 2.75) is 19.9 Å². The van der Waals surface area contributed by atoms with Crippen LogP contribution in [0.1, 0.15) is 27.7 Å². The molecule has 6 heteroatoms. The predicted octanol–water partition coefficient (Wildman–Crippen LogP) is 3.98. The summed E-state index contributed by atoms with van der Waals surface area (Å²) in [6.07, 6.45) is 1.76. The van der Waals surface area contributed by atoms with E-state index in [2.05, 4.69) is 30.2 Å². The molecule has 152 valence electrons. The molecule has 1 amide bonds. The third kappa shape index (κ3) is 6.41. The number of amides is 1. The largest absolute Gasteiger partial charge is 0.492 e. The molecule has 29 heavy (non-hydrogen) atoms. The summed E-state index contributed by atoms with van der Waals surface area (Å²) in [4.78, 5) is 19.0. The first-order chi connectivity index (χ1) is 14.0. The SMILES string of the molecule is Cc1cc(C)cc(OCCN(C)CC(=O)NC(c2ccccc2)c2nccs2)c1. The van der Waals surface area contributed by atoms with Gasteiger partial charge in [0.05, 0.1) is 6.54 Å². The first kappa shape index (κ1) is 21.0. The molecule has 0 aliphatic rings. The van der Waals surface area contributed by atoms with E-state index in [-0.39, 0.29) is 11.9 Å². The number of thiazole rings is 1. The number of aromatic nitrogens is 1. The van der Waals surface area contributed by atoms with E-state index in [4.69, 9.17) is 4.74 Å². The topological polar surface area (TPSA) is 54.5 Å². The number of carbonyl (C=O) groups is 1. The van der Waals surface area contributed by atoms with Gasteiger partial charge in [0.25, 0.3) is 0 Å². The lowest BCUT2D eigenvalue weighted by molar-refractivity contribution is -0.122. The lowest BCUT2D eigenvalue weighted by atomic mass is 10.1. The minimum Gasteiger partial charge on any atom is -0.492 e. The molecule has 1 unspecified atom stereocenters. The summed E-state index contributed by atoms with van der Waals surface area (Å²) in [5, 5.41) is 5.92. The molecule has 1 atom stereocenters. The molecular weight excluding hydrogens is 382 g/mol. The number of nitrogens with one attached hydrogen (secondary N) is 1. The van der Waals surface area contributed by atoms with E-state index >= 15 is 0 Å². The van der Waals surface area contributed by atoms with Crippen LogP contribution in [0, 0.1) is 13.8 Å². The molecule has 0 saturated carbocycles. The van der Waals surface area contributed by atoms with E-state index in [0.717, 1.165) is 16.3 Å². The molecule has 2 aromatic carbocycles. The van der Waals surface area contributed by atoms with Crippen LogP contribution < -0.4 is 10.1 Å². The van der Waals surface area contributed by atoms with Gasteiger partial charge in [0, 0.05) is 18.1 Å². The molecule has 0 aliphatic heterocycles. The van der Waals surface area contributed by atoms with Crippen LogP contribution in [-0.4, -0.2) is 42.5 Å². The highest BCUT2D eigenvalue weighted by molar-refractivity contribution is 7.09. The average Bonchev–Trinajstić information content (AvgIpc) is 3.20. The summed E-state index contributed by atoms with van der Waals surface area (Å²) < 4.78 is 5.85. The van der Waals surface area contributed by atoms with Gasteiger partial charge in [-0.3, -0.25) is 9.69 Å². The van der Waals surface area contributed by atoms with Crippen molar-refractivity contribution >= 4 is 17.2 Å². The Morgan fingerprint density at radius 1 is 1.17 bits per heavy atom. The van der Waals surface area contributed by atoms with E-state index < -0.39 is 0 Å². The van der Waals surface area contributed by atoms with Crippen molar-refractivity contribution in [2.24, 2.45) is 0 Å². The van der Waals surface area contributed by atoms with Gasteiger partial charge in [-0.05, 0) is 49.7 Å². The number of ether oxygens (including phenoxy) is 1. The second-order valence-electron chi connectivity index (χ2n) is 7.19. The Morgan fingerprint density at radius 3 is 2.55 bits per heavy atom. The number of hydrogen-bond donors (Lipinski definition) is 1. The molecule has 1 aromatic heterocycles. The van der Waals surface area contributed by atoms with E-state index in [1.165, 1.54) is 11.1 Å². The fraction of sp³-hybridized carbons (Fsp3) is 0.304. The summed E-state index contributed by atoms with van der Waals surface area (Å²) in [6.45, 7) is 5.60. The maximum Gasteiger partial charge on any atom is 0.235 e. The Balaban J connectivity index is 1.52. The summed E-state index contributed by atoms with van der Waals surface area (Å²) in [6, 6.07) is 15.9. The fourth-order valence-electron chi connectivity index (χ4n) is 3.18. The number of rotatable bonds is 9. The van der Waals surface area contributed by atoms with Gasteiger partial charge in [-0.25, -0.2) is 4.98 Å². The monoisotopic (exact) mass is 409 g/mol. The van der Waals surface area contributed by atoms with Crippen LogP contribution in [0.15, 0.2) is 60.1 Å². The van der Waals surface area contributed by atoms with Crippen molar-refractivity contribution in [2.75, 3.05) is 26.7 Å². The molecule has 1 heterocycles. The van der Waals surface area contributed by atoms with Crippen molar-refractivity contribution in [1.29, 1.82) is 0 Å². The maximum atomic E-state index is 12.6. The van der Waals surface area contributed by atoms with Crippen LogP contribution in [-0.2, 0) is 4.79 Å². The number of carbonyl (C=O) groups excluding carboxylic acids is 1. The third-order valence-electron chi connectivity index (χ3n) is 4.49. The van der Waals surface area contributed by atoms with E-state index in [1.54, 1.807) is 17.5 Å². The highest BCUT2D eigenvalue weighted by Gasteiger charge is 2.19. The van der Waals surface area contributed by atoms with Crippen LogP contribution in [0.4, 0.5) is 0 Å². The molecule has 0 radical (unpaired) electrons. The quantitative estimate of drug-likeness (QED) is 0.581. The fourth-order valence-corrected chi connectivity index (χ4v) is 3.89. The number of nitrogens with zero attached hydrogens (tertiary/aromatic N) is 2. The molecule has 0 fully saturated rings. The molecule has 5 nitrogen and oxygen atoms in total. The molecule has 1 N–H and O–H groups in total. The summed E-state index contributed by atoms with van der Waals surface area (Å²) in [5.74, 6) is 0.830. The normalized spacial score (nSPS) is 12.0. The molecule has 0 spiro atoms. The molecule has 0 bridgehead atoms. The van der Waals surface area contributed by atoms with E-state index in [0.29, 0.717) is 19.7 Å². The predicted molar refractivity (Wildman–Crippen MR) is 117 cm³/mol. The van der Waals surface area contributed by atoms with Gasteiger partial charge in [0.15, 0.2) is 0 Å². The van der Waals surface area contributed by atoms with Crippen LogP contribution in [0.2, 0.25) is 0 Å². The Hall–Kier alpha value is -2.70. The van der Waals surface area contributed by atoms with Gasteiger partial charge < -0.3 is 10.1 Å². The zero-order valence-electron chi connectivity index (χ0n) is 17.1. The van der Waals surface area contributed by atoms with Crippen LogP contribution in [0.25, 0.3) is 0 Å². The Labute approximate surface area is 176 Å². The number of benzene rings is 2. The van der Waals surface area contributed by atoms with Gasteiger partial charge in [0.1, 0.15) is 23.4 Å². The minimum absolute atomic E-state index is 0.0389. The second-order valence-corrected chi connectivity index (χ2v) is 8.12. The molecule has 3 rings (SSSR count). The van der Waals surface area contributed by atoms with Crippen LogP contribution in [0.5, 0.6) is 5.75 Å². The summed E-state index contributed by atoms with van der Waals surface area (Å²) in [7, 11) is 1.92. The zero-order chi connectivity index (χ0) is 20.6. The second kappa shape index (κ2) is 10.2. The van der Waals surface area contributed by atoms with Crippen molar-refractivity contribution in [3.8, 4) is 5.75 Å². The minimum atomic E-state index is -0.233. The molecule has 0 saturated heterocycles. The molecule has 3 aromatic rings. The van der Waals surface area contributed by atoms with Crippen molar-refractivity contribution in [3.05, 3.63) is 81.8 Å². The van der Waals surface area contributed by atoms with Crippen molar-refractivity contribution < 1.29 is 9.53 Å². The van der Waals surface area contributed by atoms with Crippen LogP contribution in [0.3, 0.4) is 0 Å². The smallest absolute Gasteiger partial charge is 0.235 e. The maximum absolute atomic E-state index is 12.6. The van der Waals surface area contributed by atoms with Gasteiger partial charge >= 0.3 is 0 Å². The Kier molecular flexibility index (Phi) is 7.38.